The van der Waals surface area contributed by atoms with Crippen molar-refractivity contribution in [1.29, 1.82) is 0 Å². The lowest BCUT2D eigenvalue weighted by molar-refractivity contribution is 0.0899. The molecule has 0 fully saturated rings. The van der Waals surface area contributed by atoms with Crippen LogP contribution in [0.4, 0.5) is 0 Å². The summed E-state index contributed by atoms with van der Waals surface area (Å²) in [6, 6.07) is 2.06. The van der Waals surface area contributed by atoms with Gasteiger partial charge in [-0.15, -0.1) is 11.3 Å². The Kier molecular flexibility index (Phi) is 4.92. The molecule has 2 rings (SSSR count). The summed E-state index contributed by atoms with van der Waals surface area (Å²) in [4.78, 5) is 14.6. The normalized spacial score (nSPS) is 15.1. The van der Waals surface area contributed by atoms with E-state index in [1.54, 1.807) is 11.3 Å². The lowest BCUT2D eigenvalue weighted by atomic mass is 9.93. The Morgan fingerprint density at radius 2 is 2.21 bits per heavy atom. The van der Waals surface area contributed by atoms with Gasteiger partial charge in [0.1, 0.15) is 0 Å². The number of nitrogens with two attached hydrogens (primary N) is 1. The molecule has 19 heavy (non-hydrogen) atoms. The van der Waals surface area contributed by atoms with Crippen LogP contribution in [-0.4, -0.2) is 23.7 Å². The van der Waals surface area contributed by atoms with Crippen LogP contribution in [0.3, 0.4) is 0 Å². The lowest BCUT2D eigenvalue weighted by Gasteiger charge is -2.31. The number of thiophene rings is 1. The Labute approximate surface area is 123 Å². The van der Waals surface area contributed by atoms with Crippen LogP contribution in [0.15, 0.2) is 6.07 Å². The van der Waals surface area contributed by atoms with E-state index in [9.17, 15) is 4.79 Å². The molecule has 1 aliphatic rings. The summed E-state index contributed by atoms with van der Waals surface area (Å²) in [5.74, 6) is 2.26. The molecule has 0 aromatic carbocycles. The van der Waals surface area contributed by atoms with Crippen molar-refractivity contribution in [2.24, 2.45) is 5.73 Å². The highest BCUT2D eigenvalue weighted by atomic mass is 32.2. The van der Waals surface area contributed by atoms with Crippen molar-refractivity contribution in [3.05, 3.63) is 21.4 Å². The molecule has 1 aromatic rings. The van der Waals surface area contributed by atoms with Crippen LogP contribution in [0.2, 0.25) is 0 Å². The third-order valence-electron chi connectivity index (χ3n) is 3.97. The van der Waals surface area contributed by atoms with Crippen molar-refractivity contribution in [1.82, 2.24) is 5.32 Å². The minimum Gasteiger partial charge on any atom is -0.345 e. The number of fused-ring (bicyclic) bond motifs is 1. The molecule has 0 atom stereocenters. The van der Waals surface area contributed by atoms with Gasteiger partial charge >= 0.3 is 0 Å². The highest BCUT2D eigenvalue weighted by Crippen LogP contribution is 2.32. The van der Waals surface area contributed by atoms with Crippen LogP contribution < -0.4 is 11.1 Å². The first-order valence-corrected chi connectivity index (χ1v) is 8.83. The summed E-state index contributed by atoms with van der Waals surface area (Å²) < 4.78 is 0. The van der Waals surface area contributed by atoms with E-state index in [1.165, 1.54) is 16.2 Å². The molecule has 0 saturated carbocycles. The van der Waals surface area contributed by atoms with E-state index >= 15 is 0 Å². The summed E-state index contributed by atoms with van der Waals surface area (Å²) >= 11 is 3.59. The second kappa shape index (κ2) is 6.29. The molecule has 5 heteroatoms. The van der Waals surface area contributed by atoms with Crippen LogP contribution in [0.25, 0.3) is 0 Å². The van der Waals surface area contributed by atoms with Gasteiger partial charge in [0.25, 0.3) is 5.91 Å². The molecule has 106 valence electrons. The zero-order valence-corrected chi connectivity index (χ0v) is 13.3. The minimum atomic E-state index is -0.254. The smallest absolute Gasteiger partial charge is 0.261 e. The largest absolute Gasteiger partial charge is 0.345 e. The highest BCUT2D eigenvalue weighted by Gasteiger charge is 2.28. The van der Waals surface area contributed by atoms with E-state index in [4.69, 9.17) is 5.73 Å². The first kappa shape index (κ1) is 14.9. The Hall–Kier alpha value is -0.520. The zero-order valence-electron chi connectivity index (χ0n) is 11.6. The first-order valence-electron chi connectivity index (χ1n) is 6.86. The minimum absolute atomic E-state index is 0.0403. The summed E-state index contributed by atoms with van der Waals surface area (Å²) in [7, 11) is 0. The predicted molar refractivity (Wildman–Crippen MR) is 84.0 cm³/mol. The molecule has 3 nitrogen and oxygen atoms in total. The van der Waals surface area contributed by atoms with Crippen LogP contribution in [0, 0.1) is 0 Å². The topological polar surface area (TPSA) is 55.1 Å². The summed E-state index contributed by atoms with van der Waals surface area (Å²) in [6.45, 7) is 4.64. The summed E-state index contributed by atoms with van der Waals surface area (Å²) in [6.07, 6.45) is 2.83. The number of rotatable bonds is 5. The molecular weight excluding hydrogens is 276 g/mol. The maximum Gasteiger partial charge on any atom is 0.261 e. The van der Waals surface area contributed by atoms with Crippen LogP contribution in [0.5, 0.6) is 0 Å². The summed E-state index contributed by atoms with van der Waals surface area (Å²) in [5, 5.41) is 3.14. The average molecular weight is 298 g/mol. The van der Waals surface area contributed by atoms with Gasteiger partial charge in [-0.1, -0.05) is 13.8 Å². The zero-order chi connectivity index (χ0) is 13.9. The lowest BCUT2D eigenvalue weighted by Crippen LogP contribution is -2.52. The number of hydrogen-bond donors (Lipinski definition) is 2. The maximum absolute atomic E-state index is 12.4. The fourth-order valence-electron chi connectivity index (χ4n) is 2.33. The second-order valence-corrected chi connectivity index (χ2v) is 7.25. The predicted octanol–water partition coefficient (Wildman–Crippen LogP) is 2.78. The fraction of sp³-hybridized carbons (Fsp3) is 0.643. The Morgan fingerprint density at radius 3 is 2.79 bits per heavy atom. The number of nitrogens with one attached hydrogen (secondary N) is 1. The van der Waals surface area contributed by atoms with Gasteiger partial charge in [0.15, 0.2) is 0 Å². The third kappa shape index (κ3) is 3.15. The van der Waals surface area contributed by atoms with Gasteiger partial charge in [-0.3, -0.25) is 4.79 Å². The molecule has 1 amide bonds. The Bertz CT molecular complexity index is 421. The Balaban J connectivity index is 2.13. The van der Waals surface area contributed by atoms with Gasteiger partial charge in [-0.05, 0) is 36.6 Å². The van der Waals surface area contributed by atoms with Crippen LogP contribution >= 0.6 is 23.1 Å². The number of thioether (sulfide) groups is 1. The van der Waals surface area contributed by atoms with E-state index in [0.29, 0.717) is 6.54 Å². The molecule has 1 aliphatic heterocycles. The molecule has 0 spiro atoms. The molecular formula is C14H22N2OS2. The molecule has 0 bridgehead atoms. The van der Waals surface area contributed by atoms with Crippen LogP contribution in [-0.2, 0) is 12.2 Å². The average Bonchev–Trinajstić information content (AvgIpc) is 2.89. The van der Waals surface area contributed by atoms with E-state index in [2.05, 4.69) is 25.2 Å². The summed E-state index contributed by atoms with van der Waals surface area (Å²) in [5.41, 5.74) is 6.93. The molecule has 1 aromatic heterocycles. The second-order valence-electron chi connectivity index (χ2n) is 5.01. The molecule has 0 aliphatic carbocycles. The Morgan fingerprint density at radius 1 is 1.47 bits per heavy atom. The number of carbonyl (C=O) groups is 1. The van der Waals surface area contributed by atoms with Crippen molar-refractivity contribution in [3.63, 3.8) is 0 Å². The maximum atomic E-state index is 12.4. The number of hydrogen-bond acceptors (Lipinski definition) is 4. The van der Waals surface area contributed by atoms with Gasteiger partial charge in [-0.2, -0.15) is 11.8 Å². The van der Waals surface area contributed by atoms with Crippen molar-refractivity contribution in [2.45, 2.75) is 44.4 Å². The van der Waals surface area contributed by atoms with Crippen molar-refractivity contribution in [3.8, 4) is 0 Å². The fourth-order valence-corrected chi connectivity index (χ4v) is 4.60. The molecule has 0 radical (unpaired) electrons. The number of amides is 1. The molecule has 0 saturated heterocycles. The van der Waals surface area contributed by atoms with Gasteiger partial charge < -0.3 is 11.1 Å². The van der Waals surface area contributed by atoms with Crippen molar-refractivity contribution >= 4 is 29.0 Å². The van der Waals surface area contributed by atoms with Gasteiger partial charge in [0, 0.05) is 17.2 Å². The van der Waals surface area contributed by atoms with E-state index in [1.807, 2.05) is 11.8 Å². The highest BCUT2D eigenvalue weighted by molar-refractivity contribution is 7.98. The SMILES string of the molecule is CCC(CC)(CN)NC(=O)c1cc2c(s1)CCSC2. The van der Waals surface area contributed by atoms with Gasteiger partial charge in [-0.25, -0.2) is 0 Å². The standard InChI is InChI=1S/C14H22N2OS2/c1-3-14(4-2,9-15)16-13(17)12-7-10-8-18-6-5-11(10)19-12/h7H,3-6,8-9,15H2,1-2H3,(H,16,17). The first-order chi connectivity index (χ1) is 9.14. The number of aryl methyl sites for hydroxylation is 1. The van der Waals surface area contributed by atoms with E-state index < -0.39 is 0 Å². The van der Waals surface area contributed by atoms with Gasteiger partial charge in [0.05, 0.1) is 10.4 Å². The van der Waals surface area contributed by atoms with Gasteiger partial charge in [0.2, 0.25) is 0 Å². The number of carbonyl (C=O) groups excluding carboxylic acids is 1. The molecule has 3 N–H and O–H groups in total. The monoisotopic (exact) mass is 298 g/mol. The quantitative estimate of drug-likeness (QED) is 0.879. The molecule has 0 unspecified atom stereocenters. The van der Waals surface area contributed by atoms with E-state index in [0.717, 1.165) is 29.9 Å². The van der Waals surface area contributed by atoms with Crippen LogP contribution in [0.1, 0.15) is 46.8 Å². The third-order valence-corrected chi connectivity index (χ3v) is 6.22. The molecule has 2 heterocycles. The van der Waals surface area contributed by atoms with Crippen molar-refractivity contribution < 1.29 is 4.79 Å². The van der Waals surface area contributed by atoms with Crippen molar-refractivity contribution in [2.75, 3.05) is 12.3 Å². The van der Waals surface area contributed by atoms with E-state index in [-0.39, 0.29) is 11.4 Å².